The molecule has 1 amide bonds. The van der Waals surface area contributed by atoms with Gasteiger partial charge in [-0.2, -0.15) is 0 Å². The number of hydrogen-bond donors (Lipinski definition) is 1. The Morgan fingerprint density at radius 2 is 2.41 bits per heavy atom. The van der Waals surface area contributed by atoms with Gasteiger partial charge in [0, 0.05) is 18.5 Å². The molecule has 0 bridgehead atoms. The third-order valence-corrected chi connectivity index (χ3v) is 3.49. The van der Waals surface area contributed by atoms with Crippen molar-refractivity contribution in [2.75, 3.05) is 18.0 Å². The SMILES string of the molecule is CC1CN(c2nc(C(N)=O)cs2)CC(C)(C)O1. The lowest BCUT2D eigenvalue weighted by Crippen LogP contribution is -2.52. The molecule has 0 saturated carbocycles. The Labute approximate surface area is 105 Å². The van der Waals surface area contributed by atoms with Gasteiger partial charge in [-0.1, -0.05) is 0 Å². The molecule has 2 heterocycles. The number of hydrogen-bond acceptors (Lipinski definition) is 5. The van der Waals surface area contributed by atoms with Gasteiger partial charge in [-0.25, -0.2) is 4.98 Å². The van der Waals surface area contributed by atoms with Crippen molar-refractivity contribution in [2.45, 2.75) is 32.5 Å². The van der Waals surface area contributed by atoms with E-state index in [-0.39, 0.29) is 11.7 Å². The molecule has 0 aliphatic carbocycles. The summed E-state index contributed by atoms with van der Waals surface area (Å²) >= 11 is 1.45. The highest BCUT2D eigenvalue weighted by Gasteiger charge is 2.32. The van der Waals surface area contributed by atoms with Gasteiger partial charge in [0.15, 0.2) is 5.13 Å². The Bertz CT molecular complexity index is 430. The van der Waals surface area contributed by atoms with Crippen LogP contribution in [0.2, 0.25) is 0 Å². The minimum absolute atomic E-state index is 0.152. The molecule has 94 valence electrons. The number of amides is 1. The van der Waals surface area contributed by atoms with Crippen molar-refractivity contribution in [1.82, 2.24) is 4.98 Å². The predicted octanol–water partition coefficient (Wildman–Crippen LogP) is 1.25. The van der Waals surface area contributed by atoms with Crippen LogP contribution in [0.1, 0.15) is 31.3 Å². The van der Waals surface area contributed by atoms with Crippen molar-refractivity contribution in [3.63, 3.8) is 0 Å². The van der Waals surface area contributed by atoms with Gasteiger partial charge in [0.25, 0.3) is 5.91 Å². The number of carbonyl (C=O) groups excluding carboxylic acids is 1. The van der Waals surface area contributed by atoms with E-state index in [1.54, 1.807) is 5.38 Å². The van der Waals surface area contributed by atoms with Crippen LogP contribution in [0.5, 0.6) is 0 Å². The van der Waals surface area contributed by atoms with Gasteiger partial charge in [-0.05, 0) is 20.8 Å². The zero-order valence-electron chi connectivity index (χ0n) is 10.3. The molecule has 0 radical (unpaired) electrons. The molecule has 0 aromatic carbocycles. The highest BCUT2D eigenvalue weighted by Crippen LogP contribution is 2.28. The van der Waals surface area contributed by atoms with E-state index in [9.17, 15) is 4.79 Å². The quantitative estimate of drug-likeness (QED) is 0.863. The molecule has 1 aliphatic heterocycles. The first kappa shape index (κ1) is 12.3. The van der Waals surface area contributed by atoms with Crippen LogP contribution in [0.15, 0.2) is 5.38 Å². The van der Waals surface area contributed by atoms with E-state index in [0.29, 0.717) is 5.69 Å². The Morgan fingerprint density at radius 1 is 1.71 bits per heavy atom. The second kappa shape index (κ2) is 4.27. The maximum atomic E-state index is 11.0. The average Bonchev–Trinajstić information content (AvgIpc) is 2.62. The van der Waals surface area contributed by atoms with Gasteiger partial charge in [-0.15, -0.1) is 11.3 Å². The summed E-state index contributed by atoms with van der Waals surface area (Å²) in [6, 6.07) is 0. The summed E-state index contributed by atoms with van der Waals surface area (Å²) in [5.74, 6) is -0.479. The Kier molecular flexibility index (Phi) is 3.09. The number of nitrogens with two attached hydrogens (primary N) is 1. The van der Waals surface area contributed by atoms with Crippen molar-refractivity contribution in [1.29, 1.82) is 0 Å². The van der Waals surface area contributed by atoms with Crippen LogP contribution in [0.4, 0.5) is 5.13 Å². The highest BCUT2D eigenvalue weighted by molar-refractivity contribution is 7.13. The fourth-order valence-electron chi connectivity index (χ4n) is 2.12. The van der Waals surface area contributed by atoms with Crippen molar-refractivity contribution < 1.29 is 9.53 Å². The summed E-state index contributed by atoms with van der Waals surface area (Å²) < 4.78 is 5.82. The van der Waals surface area contributed by atoms with E-state index < -0.39 is 5.91 Å². The lowest BCUT2D eigenvalue weighted by molar-refractivity contribution is -0.0749. The topological polar surface area (TPSA) is 68.5 Å². The monoisotopic (exact) mass is 255 g/mol. The van der Waals surface area contributed by atoms with E-state index in [1.807, 2.05) is 6.92 Å². The summed E-state index contributed by atoms with van der Waals surface area (Å²) in [6.07, 6.45) is 0.152. The lowest BCUT2D eigenvalue weighted by Gasteiger charge is -2.41. The molecule has 17 heavy (non-hydrogen) atoms. The molecule has 1 aliphatic rings. The Hall–Kier alpha value is -1.14. The van der Waals surface area contributed by atoms with Crippen molar-refractivity contribution in [3.8, 4) is 0 Å². The molecular weight excluding hydrogens is 238 g/mol. The van der Waals surface area contributed by atoms with E-state index in [2.05, 4.69) is 23.7 Å². The number of primary amides is 1. The maximum Gasteiger partial charge on any atom is 0.268 e. The second-order valence-electron chi connectivity index (χ2n) is 4.95. The van der Waals surface area contributed by atoms with Crippen LogP contribution in [-0.4, -0.2) is 35.7 Å². The first-order valence-electron chi connectivity index (χ1n) is 5.55. The molecular formula is C11H17N3O2S. The summed E-state index contributed by atoms with van der Waals surface area (Å²) in [7, 11) is 0. The molecule has 1 aromatic heterocycles. The molecule has 6 heteroatoms. The minimum atomic E-state index is -0.479. The smallest absolute Gasteiger partial charge is 0.268 e. The molecule has 1 atom stereocenters. The lowest BCUT2D eigenvalue weighted by atomic mass is 10.1. The van der Waals surface area contributed by atoms with Crippen molar-refractivity contribution in [3.05, 3.63) is 11.1 Å². The van der Waals surface area contributed by atoms with Crippen molar-refractivity contribution in [2.24, 2.45) is 5.73 Å². The number of ether oxygens (including phenoxy) is 1. The average molecular weight is 255 g/mol. The Balaban J connectivity index is 2.18. The number of carbonyl (C=O) groups is 1. The fourth-order valence-corrected chi connectivity index (χ4v) is 2.95. The summed E-state index contributed by atoms with van der Waals surface area (Å²) in [4.78, 5) is 17.4. The number of nitrogens with zero attached hydrogens (tertiary/aromatic N) is 2. The normalized spacial score (nSPS) is 23.7. The number of thiazole rings is 1. The minimum Gasteiger partial charge on any atom is -0.369 e. The second-order valence-corrected chi connectivity index (χ2v) is 5.78. The van der Waals surface area contributed by atoms with E-state index in [4.69, 9.17) is 10.5 Å². The first-order chi connectivity index (χ1) is 7.87. The van der Waals surface area contributed by atoms with Gasteiger partial charge in [-0.3, -0.25) is 4.79 Å². The third kappa shape index (κ3) is 2.76. The fraction of sp³-hybridized carbons (Fsp3) is 0.636. The molecule has 1 fully saturated rings. The zero-order chi connectivity index (χ0) is 12.6. The van der Waals surface area contributed by atoms with Gasteiger partial charge >= 0.3 is 0 Å². The first-order valence-corrected chi connectivity index (χ1v) is 6.43. The molecule has 0 spiro atoms. The number of morpholine rings is 1. The highest BCUT2D eigenvalue weighted by atomic mass is 32.1. The standard InChI is InChI=1S/C11H17N3O2S/c1-7-4-14(6-11(2,3)16-7)10-13-8(5-17-10)9(12)15/h5,7H,4,6H2,1-3H3,(H2,12,15). The van der Waals surface area contributed by atoms with Crippen LogP contribution in [-0.2, 0) is 4.74 Å². The summed E-state index contributed by atoms with van der Waals surface area (Å²) in [6.45, 7) is 7.70. The predicted molar refractivity (Wildman–Crippen MR) is 67.5 cm³/mol. The largest absolute Gasteiger partial charge is 0.369 e. The summed E-state index contributed by atoms with van der Waals surface area (Å²) in [5, 5.41) is 2.53. The maximum absolute atomic E-state index is 11.0. The summed E-state index contributed by atoms with van der Waals surface area (Å²) in [5.41, 5.74) is 5.34. The molecule has 2 N–H and O–H groups in total. The molecule has 1 aromatic rings. The number of aromatic nitrogens is 1. The van der Waals surface area contributed by atoms with E-state index >= 15 is 0 Å². The van der Waals surface area contributed by atoms with Crippen LogP contribution in [0.3, 0.4) is 0 Å². The van der Waals surface area contributed by atoms with Crippen LogP contribution in [0.25, 0.3) is 0 Å². The van der Waals surface area contributed by atoms with Gasteiger partial charge in [0.1, 0.15) is 5.69 Å². The zero-order valence-corrected chi connectivity index (χ0v) is 11.1. The number of anilines is 1. The molecule has 1 unspecified atom stereocenters. The van der Waals surface area contributed by atoms with Gasteiger partial charge in [0.2, 0.25) is 0 Å². The molecule has 5 nitrogen and oxygen atoms in total. The van der Waals surface area contributed by atoms with Gasteiger partial charge < -0.3 is 15.4 Å². The van der Waals surface area contributed by atoms with Crippen LogP contribution < -0.4 is 10.6 Å². The third-order valence-electron chi connectivity index (χ3n) is 2.58. The molecule has 1 saturated heterocycles. The molecule has 2 rings (SSSR count). The van der Waals surface area contributed by atoms with Crippen molar-refractivity contribution >= 4 is 22.4 Å². The van der Waals surface area contributed by atoms with Crippen LogP contribution in [0, 0.1) is 0 Å². The van der Waals surface area contributed by atoms with E-state index in [1.165, 1.54) is 11.3 Å². The number of rotatable bonds is 2. The van der Waals surface area contributed by atoms with Crippen LogP contribution >= 0.6 is 11.3 Å². The Morgan fingerprint density at radius 3 is 2.94 bits per heavy atom. The van der Waals surface area contributed by atoms with Gasteiger partial charge in [0.05, 0.1) is 11.7 Å². The van der Waals surface area contributed by atoms with E-state index in [0.717, 1.165) is 18.2 Å².